The van der Waals surface area contributed by atoms with Crippen LogP contribution in [0.2, 0.25) is 0 Å². The summed E-state index contributed by atoms with van der Waals surface area (Å²) in [5.74, 6) is 0.839. The fraction of sp³-hybridized carbons (Fsp3) is 0.400. The normalized spacial score (nSPS) is 15.8. The Labute approximate surface area is 133 Å². The molecule has 3 rings (SSSR count). The lowest BCUT2D eigenvalue weighted by atomic mass is 9.96. The highest BCUT2D eigenvalue weighted by Gasteiger charge is 2.13. The minimum atomic E-state index is 0.839. The van der Waals surface area contributed by atoms with E-state index in [0.29, 0.717) is 0 Å². The zero-order chi connectivity index (χ0) is 15.0. The number of rotatable bonds is 6. The SMILES string of the molecule is c1ccc(-c2ccccc2CNCCC2CCOCC2)cc1. The first kappa shape index (κ1) is 15.3. The average Bonchev–Trinajstić information content (AvgIpc) is 2.61. The van der Waals surface area contributed by atoms with Crippen LogP contribution in [0.5, 0.6) is 0 Å². The van der Waals surface area contributed by atoms with Crippen LogP contribution in [-0.2, 0) is 11.3 Å². The van der Waals surface area contributed by atoms with Crippen LogP contribution in [0, 0.1) is 5.92 Å². The molecule has 1 fully saturated rings. The summed E-state index contributed by atoms with van der Waals surface area (Å²) in [7, 11) is 0. The van der Waals surface area contributed by atoms with Gasteiger partial charge in [-0.15, -0.1) is 0 Å². The lowest BCUT2D eigenvalue weighted by molar-refractivity contribution is 0.0639. The van der Waals surface area contributed by atoms with Crippen LogP contribution in [0.25, 0.3) is 11.1 Å². The van der Waals surface area contributed by atoms with Crippen LogP contribution < -0.4 is 5.32 Å². The fourth-order valence-corrected chi connectivity index (χ4v) is 3.14. The molecule has 116 valence electrons. The molecular formula is C20H25NO. The summed E-state index contributed by atoms with van der Waals surface area (Å²) in [6.45, 7) is 3.92. The topological polar surface area (TPSA) is 21.3 Å². The summed E-state index contributed by atoms with van der Waals surface area (Å²) < 4.78 is 5.42. The van der Waals surface area contributed by atoms with Gasteiger partial charge in [-0.05, 0) is 48.4 Å². The summed E-state index contributed by atoms with van der Waals surface area (Å²) >= 11 is 0. The predicted molar refractivity (Wildman–Crippen MR) is 91.7 cm³/mol. The van der Waals surface area contributed by atoms with Gasteiger partial charge in [-0.2, -0.15) is 0 Å². The predicted octanol–water partition coefficient (Wildman–Crippen LogP) is 4.26. The van der Waals surface area contributed by atoms with Gasteiger partial charge in [0.1, 0.15) is 0 Å². The quantitative estimate of drug-likeness (QED) is 0.804. The van der Waals surface area contributed by atoms with Crippen LogP contribution in [0.4, 0.5) is 0 Å². The van der Waals surface area contributed by atoms with Gasteiger partial charge in [0.25, 0.3) is 0 Å². The van der Waals surface area contributed by atoms with Gasteiger partial charge < -0.3 is 10.1 Å². The Hall–Kier alpha value is -1.64. The summed E-state index contributed by atoms with van der Waals surface area (Å²) in [6, 6.07) is 19.3. The third kappa shape index (κ3) is 4.19. The molecule has 0 aromatic heterocycles. The molecule has 0 unspecified atom stereocenters. The van der Waals surface area contributed by atoms with Crippen molar-refractivity contribution in [1.82, 2.24) is 5.32 Å². The maximum atomic E-state index is 5.42. The summed E-state index contributed by atoms with van der Waals surface area (Å²) in [5, 5.41) is 3.62. The summed E-state index contributed by atoms with van der Waals surface area (Å²) in [5.41, 5.74) is 4.01. The summed E-state index contributed by atoms with van der Waals surface area (Å²) in [4.78, 5) is 0. The molecule has 2 aromatic carbocycles. The van der Waals surface area contributed by atoms with E-state index in [1.54, 1.807) is 0 Å². The van der Waals surface area contributed by atoms with Gasteiger partial charge in [-0.3, -0.25) is 0 Å². The van der Waals surface area contributed by atoms with Crippen LogP contribution in [0.3, 0.4) is 0 Å². The molecule has 2 heteroatoms. The molecule has 0 atom stereocenters. The largest absolute Gasteiger partial charge is 0.381 e. The van der Waals surface area contributed by atoms with Crippen LogP contribution in [0.15, 0.2) is 54.6 Å². The van der Waals surface area contributed by atoms with Gasteiger partial charge in [-0.25, -0.2) is 0 Å². The van der Waals surface area contributed by atoms with E-state index in [1.807, 2.05) is 0 Å². The van der Waals surface area contributed by atoms with Crippen molar-refractivity contribution >= 4 is 0 Å². The standard InChI is InChI=1S/C20H25NO/c1-2-6-18(7-3-1)20-9-5-4-8-19(20)16-21-13-10-17-11-14-22-15-12-17/h1-9,17,21H,10-16H2. The fourth-order valence-electron chi connectivity index (χ4n) is 3.14. The van der Waals surface area contributed by atoms with Gasteiger partial charge in [0.15, 0.2) is 0 Å². The van der Waals surface area contributed by atoms with Crippen molar-refractivity contribution in [2.45, 2.75) is 25.8 Å². The molecule has 1 heterocycles. The first-order valence-electron chi connectivity index (χ1n) is 8.35. The molecule has 2 nitrogen and oxygen atoms in total. The maximum absolute atomic E-state index is 5.42. The van der Waals surface area contributed by atoms with E-state index < -0.39 is 0 Å². The van der Waals surface area contributed by atoms with Crippen molar-refractivity contribution in [1.29, 1.82) is 0 Å². The van der Waals surface area contributed by atoms with Gasteiger partial charge in [-0.1, -0.05) is 54.6 Å². The molecule has 1 aliphatic heterocycles. The molecule has 0 radical (unpaired) electrons. The Morgan fingerprint density at radius 1 is 0.909 bits per heavy atom. The number of nitrogens with one attached hydrogen (secondary N) is 1. The average molecular weight is 295 g/mol. The van der Waals surface area contributed by atoms with E-state index in [2.05, 4.69) is 59.9 Å². The van der Waals surface area contributed by atoms with Crippen molar-refractivity contribution < 1.29 is 4.74 Å². The Kier molecular flexibility index (Phi) is 5.63. The molecule has 0 bridgehead atoms. The number of hydrogen-bond donors (Lipinski definition) is 1. The van der Waals surface area contributed by atoms with Gasteiger partial charge in [0.05, 0.1) is 0 Å². The maximum Gasteiger partial charge on any atom is 0.0468 e. The van der Waals surface area contributed by atoms with E-state index in [0.717, 1.165) is 32.2 Å². The van der Waals surface area contributed by atoms with Gasteiger partial charge in [0.2, 0.25) is 0 Å². The smallest absolute Gasteiger partial charge is 0.0468 e. The zero-order valence-electron chi connectivity index (χ0n) is 13.1. The first-order valence-corrected chi connectivity index (χ1v) is 8.35. The summed E-state index contributed by atoms with van der Waals surface area (Å²) in [6.07, 6.45) is 3.71. The van der Waals surface area contributed by atoms with Crippen LogP contribution in [-0.4, -0.2) is 19.8 Å². The lowest BCUT2D eigenvalue weighted by Crippen LogP contribution is -2.22. The first-order chi connectivity index (χ1) is 10.9. The van der Waals surface area contributed by atoms with Crippen molar-refractivity contribution in [3.8, 4) is 11.1 Å². The molecule has 1 saturated heterocycles. The third-order valence-electron chi connectivity index (χ3n) is 4.49. The highest BCUT2D eigenvalue weighted by Crippen LogP contribution is 2.23. The monoisotopic (exact) mass is 295 g/mol. The second-order valence-electron chi connectivity index (χ2n) is 6.04. The Morgan fingerprint density at radius 2 is 1.64 bits per heavy atom. The number of ether oxygens (including phenoxy) is 1. The third-order valence-corrected chi connectivity index (χ3v) is 4.49. The second kappa shape index (κ2) is 8.11. The molecular weight excluding hydrogens is 270 g/mol. The highest BCUT2D eigenvalue weighted by atomic mass is 16.5. The Balaban J connectivity index is 1.54. The van der Waals surface area contributed by atoms with Crippen molar-refractivity contribution in [2.24, 2.45) is 5.92 Å². The molecule has 1 N–H and O–H groups in total. The Morgan fingerprint density at radius 3 is 2.45 bits per heavy atom. The minimum Gasteiger partial charge on any atom is -0.381 e. The lowest BCUT2D eigenvalue weighted by Gasteiger charge is -2.22. The van der Waals surface area contributed by atoms with Gasteiger partial charge in [0, 0.05) is 19.8 Å². The van der Waals surface area contributed by atoms with Crippen LogP contribution >= 0.6 is 0 Å². The molecule has 1 aliphatic rings. The van der Waals surface area contributed by atoms with Crippen molar-refractivity contribution in [3.05, 3.63) is 60.2 Å². The minimum absolute atomic E-state index is 0.839. The highest BCUT2D eigenvalue weighted by molar-refractivity contribution is 5.67. The van der Waals surface area contributed by atoms with E-state index in [-0.39, 0.29) is 0 Å². The zero-order valence-corrected chi connectivity index (χ0v) is 13.1. The van der Waals surface area contributed by atoms with E-state index in [9.17, 15) is 0 Å². The molecule has 22 heavy (non-hydrogen) atoms. The second-order valence-corrected chi connectivity index (χ2v) is 6.04. The molecule has 0 spiro atoms. The van der Waals surface area contributed by atoms with E-state index >= 15 is 0 Å². The molecule has 2 aromatic rings. The number of benzene rings is 2. The molecule has 0 aliphatic carbocycles. The van der Waals surface area contributed by atoms with E-state index in [1.165, 1.54) is 36.0 Å². The Bertz CT molecular complexity index is 561. The van der Waals surface area contributed by atoms with Crippen LogP contribution in [0.1, 0.15) is 24.8 Å². The molecule has 0 saturated carbocycles. The molecule has 0 amide bonds. The van der Waals surface area contributed by atoms with Gasteiger partial charge >= 0.3 is 0 Å². The van der Waals surface area contributed by atoms with E-state index in [4.69, 9.17) is 4.74 Å². The van der Waals surface area contributed by atoms with Crippen molar-refractivity contribution in [3.63, 3.8) is 0 Å². The van der Waals surface area contributed by atoms with Crippen molar-refractivity contribution in [2.75, 3.05) is 19.8 Å². The number of hydrogen-bond acceptors (Lipinski definition) is 2.